The fraction of sp³-hybridized carbons (Fsp3) is 0.944. The molecule has 0 amide bonds. The highest BCUT2D eigenvalue weighted by Crippen LogP contribution is 2.11. The molecule has 0 radical (unpaired) electrons. The van der Waals surface area contributed by atoms with Crippen molar-refractivity contribution in [1.29, 1.82) is 0 Å². The highest BCUT2D eigenvalue weighted by atomic mass is 16.5. The number of ether oxygens (including phenoxy) is 1. The molecule has 1 atom stereocenters. The first-order chi connectivity index (χ1) is 10.1. The maximum atomic E-state index is 11.6. The number of nitrogens with zero attached hydrogens (tertiary/aromatic N) is 1. The first kappa shape index (κ1) is 20.4. The van der Waals surface area contributed by atoms with Crippen LogP contribution in [0.4, 0.5) is 0 Å². The van der Waals surface area contributed by atoms with Crippen molar-refractivity contribution in [1.82, 2.24) is 4.90 Å². The summed E-state index contributed by atoms with van der Waals surface area (Å²) < 4.78 is 5.27. The van der Waals surface area contributed by atoms with Gasteiger partial charge in [-0.3, -0.25) is 4.79 Å². The molecule has 0 aromatic rings. The van der Waals surface area contributed by atoms with Gasteiger partial charge in [0.1, 0.15) is 0 Å². The van der Waals surface area contributed by atoms with E-state index in [1.54, 1.807) is 0 Å². The first-order valence-electron chi connectivity index (χ1n) is 8.90. The van der Waals surface area contributed by atoms with Gasteiger partial charge in [-0.1, -0.05) is 58.3 Å². The number of esters is 1. The van der Waals surface area contributed by atoms with Crippen LogP contribution in [0.15, 0.2) is 0 Å². The second-order valence-electron chi connectivity index (χ2n) is 6.40. The normalized spacial score (nSPS) is 12.6. The number of carbonyl (C=O) groups excluding carboxylic acids is 1. The van der Waals surface area contributed by atoms with E-state index in [4.69, 9.17) is 4.74 Å². The quantitative estimate of drug-likeness (QED) is 0.341. The molecule has 0 bridgehead atoms. The predicted molar refractivity (Wildman–Crippen MR) is 90.6 cm³/mol. The van der Waals surface area contributed by atoms with E-state index in [1.807, 2.05) is 0 Å². The van der Waals surface area contributed by atoms with Gasteiger partial charge in [-0.2, -0.15) is 0 Å². The van der Waals surface area contributed by atoms with Gasteiger partial charge in [0, 0.05) is 12.5 Å². The first-order valence-corrected chi connectivity index (χ1v) is 8.90. The summed E-state index contributed by atoms with van der Waals surface area (Å²) in [5, 5.41) is 0. The Morgan fingerprint density at radius 2 is 1.48 bits per heavy atom. The topological polar surface area (TPSA) is 29.5 Å². The summed E-state index contributed by atoms with van der Waals surface area (Å²) in [5.74, 6) is -0.0242. The van der Waals surface area contributed by atoms with Crippen molar-refractivity contribution in [3.8, 4) is 0 Å². The van der Waals surface area contributed by atoms with Crippen LogP contribution in [0.3, 0.4) is 0 Å². The molecule has 0 N–H and O–H groups in total. The molecule has 3 nitrogen and oxygen atoms in total. The molecule has 0 aliphatic heterocycles. The second kappa shape index (κ2) is 14.4. The standard InChI is InChI=1S/C18H37NO2/c1-5-6-7-8-9-10-11-12-13-14-18(20)21-16-15-17(2)19(3)4/h17H,5-16H2,1-4H3. The van der Waals surface area contributed by atoms with Crippen LogP contribution >= 0.6 is 0 Å². The average Bonchev–Trinajstić information content (AvgIpc) is 2.45. The van der Waals surface area contributed by atoms with Crippen LogP contribution in [-0.2, 0) is 9.53 Å². The van der Waals surface area contributed by atoms with Crippen LogP contribution < -0.4 is 0 Å². The summed E-state index contributed by atoms with van der Waals surface area (Å²) in [6.07, 6.45) is 13.0. The lowest BCUT2D eigenvalue weighted by Gasteiger charge is -2.19. The molecule has 0 aromatic heterocycles. The lowest BCUT2D eigenvalue weighted by atomic mass is 10.1. The zero-order chi connectivity index (χ0) is 15.9. The van der Waals surface area contributed by atoms with Crippen molar-refractivity contribution in [3.63, 3.8) is 0 Å². The lowest BCUT2D eigenvalue weighted by molar-refractivity contribution is -0.144. The number of hydrogen-bond acceptors (Lipinski definition) is 3. The number of rotatable bonds is 14. The zero-order valence-corrected chi connectivity index (χ0v) is 14.8. The summed E-state index contributed by atoms with van der Waals surface area (Å²) >= 11 is 0. The van der Waals surface area contributed by atoms with Gasteiger partial charge < -0.3 is 9.64 Å². The minimum absolute atomic E-state index is 0.0242. The Kier molecular flexibility index (Phi) is 14.0. The molecular weight excluding hydrogens is 262 g/mol. The molecule has 0 saturated carbocycles. The molecule has 1 unspecified atom stereocenters. The van der Waals surface area contributed by atoms with Crippen LogP contribution in [0, 0.1) is 0 Å². The van der Waals surface area contributed by atoms with Crippen LogP contribution in [0.25, 0.3) is 0 Å². The molecule has 21 heavy (non-hydrogen) atoms. The Bertz CT molecular complexity index is 241. The summed E-state index contributed by atoms with van der Waals surface area (Å²) in [5.41, 5.74) is 0. The smallest absolute Gasteiger partial charge is 0.305 e. The fourth-order valence-corrected chi connectivity index (χ4v) is 2.25. The van der Waals surface area contributed by atoms with Crippen LogP contribution in [0.5, 0.6) is 0 Å². The van der Waals surface area contributed by atoms with Crippen molar-refractivity contribution in [3.05, 3.63) is 0 Å². The maximum absolute atomic E-state index is 11.6. The van der Waals surface area contributed by atoms with Gasteiger partial charge in [-0.05, 0) is 33.9 Å². The molecule has 0 saturated heterocycles. The molecule has 0 aliphatic carbocycles. The third-order valence-corrected chi connectivity index (χ3v) is 4.16. The van der Waals surface area contributed by atoms with Gasteiger partial charge in [-0.25, -0.2) is 0 Å². The predicted octanol–water partition coefficient (Wildman–Crippen LogP) is 4.79. The van der Waals surface area contributed by atoms with E-state index in [-0.39, 0.29) is 5.97 Å². The van der Waals surface area contributed by atoms with E-state index in [9.17, 15) is 4.79 Å². The van der Waals surface area contributed by atoms with Crippen LogP contribution in [0.2, 0.25) is 0 Å². The summed E-state index contributed by atoms with van der Waals surface area (Å²) in [6.45, 7) is 4.95. The molecular formula is C18H37NO2. The van der Waals surface area contributed by atoms with Gasteiger partial charge in [0.05, 0.1) is 6.61 Å². The SMILES string of the molecule is CCCCCCCCCCCC(=O)OCCC(C)N(C)C. The van der Waals surface area contributed by atoms with Crippen LogP contribution in [-0.4, -0.2) is 37.6 Å². The van der Waals surface area contributed by atoms with Crippen molar-refractivity contribution in [2.24, 2.45) is 0 Å². The molecule has 0 aliphatic rings. The van der Waals surface area contributed by atoms with Gasteiger partial charge in [0.15, 0.2) is 0 Å². The Morgan fingerprint density at radius 1 is 0.952 bits per heavy atom. The van der Waals surface area contributed by atoms with Crippen molar-refractivity contribution in [2.75, 3.05) is 20.7 Å². The average molecular weight is 299 g/mol. The van der Waals surface area contributed by atoms with Gasteiger partial charge in [-0.15, -0.1) is 0 Å². The van der Waals surface area contributed by atoms with Crippen molar-refractivity contribution < 1.29 is 9.53 Å². The van der Waals surface area contributed by atoms with E-state index in [1.165, 1.54) is 44.9 Å². The van der Waals surface area contributed by atoms with Crippen LogP contribution in [0.1, 0.15) is 84.5 Å². The largest absolute Gasteiger partial charge is 0.466 e. The van der Waals surface area contributed by atoms with Gasteiger partial charge in [0.2, 0.25) is 0 Å². The lowest BCUT2D eigenvalue weighted by Crippen LogP contribution is -2.26. The molecule has 3 heteroatoms. The number of unbranched alkanes of at least 4 members (excludes halogenated alkanes) is 8. The molecule has 0 heterocycles. The summed E-state index contributed by atoms with van der Waals surface area (Å²) in [6, 6.07) is 0.463. The zero-order valence-electron chi connectivity index (χ0n) is 14.8. The van der Waals surface area contributed by atoms with E-state index in [2.05, 4.69) is 32.8 Å². The Morgan fingerprint density at radius 3 is 2.00 bits per heavy atom. The van der Waals surface area contributed by atoms with E-state index >= 15 is 0 Å². The minimum atomic E-state index is -0.0242. The number of carbonyl (C=O) groups is 1. The third kappa shape index (κ3) is 14.1. The second-order valence-corrected chi connectivity index (χ2v) is 6.40. The highest BCUT2D eigenvalue weighted by Gasteiger charge is 2.07. The maximum Gasteiger partial charge on any atom is 0.305 e. The Balaban J connectivity index is 3.27. The fourth-order valence-electron chi connectivity index (χ4n) is 2.25. The van der Waals surface area contributed by atoms with Crippen molar-refractivity contribution in [2.45, 2.75) is 90.5 Å². The van der Waals surface area contributed by atoms with E-state index < -0.39 is 0 Å². The van der Waals surface area contributed by atoms with Gasteiger partial charge in [0.25, 0.3) is 0 Å². The molecule has 0 fully saturated rings. The van der Waals surface area contributed by atoms with E-state index in [0.29, 0.717) is 19.1 Å². The highest BCUT2D eigenvalue weighted by molar-refractivity contribution is 5.69. The minimum Gasteiger partial charge on any atom is -0.466 e. The van der Waals surface area contributed by atoms with Gasteiger partial charge >= 0.3 is 5.97 Å². The molecule has 0 aromatic carbocycles. The van der Waals surface area contributed by atoms with E-state index in [0.717, 1.165) is 19.3 Å². The number of hydrogen-bond donors (Lipinski definition) is 0. The Hall–Kier alpha value is -0.570. The summed E-state index contributed by atoms with van der Waals surface area (Å²) in [4.78, 5) is 13.7. The monoisotopic (exact) mass is 299 g/mol. The molecule has 0 spiro atoms. The third-order valence-electron chi connectivity index (χ3n) is 4.16. The Labute approximate surface area is 132 Å². The molecule has 126 valence electrons. The van der Waals surface area contributed by atoms with Crippen molar-refractivity contribution >= 4 is 5.97 Å². The summed E-state index contributed by atoms with van der Waals surface area (Å²) in [7, 11) is 4.10. The molecule has 0 rings (SSSR count).